The Hall–Kier alpha value is -4.58. The highest BCUT2D eigenvalue weighted by molar-refractivity contribution is 5.85. The van der Waals surface area contributed by atoms with Crippen molar-refractivity contribution in [2.24, 2.45) is 0 Å². The van der Waals surface area contributed by atoms with Gasteiger partial charge >= 0.3 is 12.5 Å². The third-order valence-corrected chi connectivity index (χ3v) is 6.59. The molecule has 6 nitrogen and oxygen atoms in total. The van der Waals surface area contributed by atoms with E-state index in [0.717, 1.165) is 39.6 Å². The van der Waals surface area contributed by atoms with Gasteiger partial charge in [0, 0.05) is 23.7 Å². The lowest BCUT2D eigenvalue weighted by Gasteiger charge is -2.14. The molecule has 5 aromatic rings. The zero-order valence-corrected chi connectivity index (χ0v) is 22.4. The van der Waals surface area contributed by atoms with Crippen molar-refractivity contribution in [2.45, 2.75) is 39.9 Å². The molecule has 0 fully saturated rings. The summed E-state index contributed by atoms with van der Waals surface area (Å²) in [4.78, 5) is 4.52. The smallest absolute Gasteiger partial charge is 0.440 e. The van der Waals surface area contributed by atoms with Crippen LogP contribution in [-0.4, -0.2) is 26.2 Å². The summed E-state index contributed by atoms with van der Waals surface area (Å²) in [6.07, 6.45) is -9.53. The molecule has 1 N–H and O–H groups in total. The average molecular weight is 588 g/mol. The quantitative estimate of drug-likeness (QED) is 0.203. The Kier molecular flexibility index (Phi) is 7.35. The minimum Gasteiger partial charge on any atom is -0.440 e. The number of halogens is 6. The molecule has 0 spiro atoms. The van der Waals surface area contributed by atoms with E-state index in [1.165, 1.54) is 19.1 Å². The average Bonchev–Trinajstić information content (AvgIpc) is 3.50. The standard InChI is InChI=1S/C30H23F6N3O3/c1-16-12-20(4-5-22(16)15-40)21-8-11-25(39-17(2)13-26(38-39)29(31,32)33)24(14-21)27-28(41-18(3)37-27)19-6-9-23(10-7-19)42-30(34,35)36/h4-14,40H,15H2,1-3H3. The first kappa shape index (κ1) is 28.9. The van der Waals surface area contributed by atoms with Crippen LogP contribution in [0.5, 0.6) is 5.75 Å². The zero-order chi connectivity index (χ0) is 30.4. The molecule has 0 aliphatic carbocycles. The van der Waals surface area contributed by atoms with Crippen molar-refractivity contribution in [3.05, 3.63) is 95.1 Å². The van der Waals surface area contributed by atoms with Gasteiger partial charge in [-0.1, -0.05) is 24.3 Å². The SMILES string of the molecule is Cc1nc(-c2cc(-c3ccc(CO)c(C)c3)ccc2-n2nc(C(F)(F)F)cc2C)c(-c2ccc(OC(F)(F)F)cc2)o1. The molecule has 0 radical (unpaired) electrons. The molecule has 218 valence electrons. The number of rotatable bonds is 6. The molecule has 0 saturated carbocycles. The van der Waals surface area contributed by atoms with Gasteiger partial charge in [0.05, 0.1) is 12.3 Å². The van der Waals surface area contributed by atoms with Crippen LogP contribution < -0.4 is 4.74 Å². The summed E-state index contributed by atoms with van der Waals surface area (Å²) >= 11 is 0. The summed E-state index contributed by atoms with van der Waals surface area (Å²) in [5.41, 5.74) is 3.49. The molecule has 42 heavy (non-hydrogen) atoms. The second-order valence-corrected chi connectivity index (χ2v) is 9.59. The van der Waals surface area contributed by atoms with Gasteiger partial charge in [-0.05, 0) is 78.6 Å². The van der Waals surface area contributed by atoms with Crippen LogP contribution in [0.1, 0.15) is 28.4 Å². The van der Waals surface area contributed by atoms with Gasteiger partial charge in [-0.3, -0.25) is 0 Å². The topological polar surface area (TPSA) is 73.3 Å². The van der Waals surface area contributed by atoms with Gasteiger partial charge < -0.3 is 14.3 Å². The maximum Gasteiger partial charge on any atom is 0.573 e. The number of aliphatic hydroxyl groups excluding tert-OH is 1. The number of aliphatic hydroxyl groups is 1. The normalized spacial score (nSPS) is 12.1. The lowest BCUT2D eigenvalue weighted by atomic mass is 9.96. The zero-order valence-electron chi connectivity index (χ0n) is 22.4. The van der Waals surface area contributed by atoms with Crippen LogP contribution in [0.15, 0.2) is 71.1 Å². The number of oxazole rings is 1. The molecule has 0 unspecified atom stereocenters. The van der Waals surface area contributed by atoms with Crippen molar-refractivity contribution < 1.29 is 40.6 Å². The third kappa shape index (κ3) is 5.89. The second-order valence-electron chi connectivity index (χ2n) is 9.59. The van der Waals surface area contributed by atoms with Gasteiger partial charge in [0.25, 0.3) is 0 Å². The highest BCUT2D eigenvalue weighted by Gasteiger charge is 2.35. The summed E-state index contributed by atoms with van der Waals surface area (Å²) < 4.78 is 89.6. The number of alkyl halides is 6. The predicted molar refractivity (Wildman–Crippen MR) is 142 cm³/mol. The van der Waals surface area contributed by atoms with Crippen LogP contribution in [0, 0.1) is 20.8 Å². The summed E-state index contributed by atoms with van der Waals surface area (Å²) in [7, 11) is 0. The Labute approximate surface area is 235 Å². The lowest BCUT2D eigenvalue weighted by Crippen LogP contribution is -2.16. The lowest BCUT2D eigenvalue weighted by molar-refractivity contribution is -0.274. The molecule has 12 heteroatoms. The minimum atomic E-state index is -4.87. The van der Waals surface area contributed by atoms with E-state index in [1.807, 2.05) is 19.1 Å². The molecule has 2 heterocycles. The van der Waals surface area contributed by atoms with E-state index in [2.05, 4.69) is 14.8 Å². The molecular weight excluding hydrogens is 564 g/mol. The fourth-order valence-corrected chi connectivity index (χ4v) is 4.61. The van der Waals surface area contributed by atoms with E-state index in [1.54, 1.807) is 31.2 Å². The van der Waals surface area contributed by atoms with Gasteiger partial charge in [0.1, 0.15) is 11.4 Å². The van der Waals surface area contributed by atoms with E-state index in [4.69, 9.17) is 4.42 Å². The first-order valence-corrected chi connectivity index (χ1v) is 12.6. The Balaban J connectivity index is 1.70. The molecule has 3 aromatic carbocycles. The monoisotopic (exact) mass is 587 g/mol. The largest absolute Gasteiger partial charge is 0.573 e. The van der Waals surface area contributed by atoms with Gasteiger partial charge in [0.2, 0.25) is 0 Å². The minimum absolute atomic E-state index is 0.134. The summed E-state index contributed by atoms with van der Waals surface area (Å²) in [5.74, 6) is -0.0133. The number of aryl methyl sites for hydroxylation is 3. The molecule has 0 saturated heterocycles. The molecule has 5 rings (SSSR count). The maximum atomic E-state index is 13.5. The molecule has 0 aliphatic rings. The predicted octanol–water partition coefficient (Wildman–Crippen LogP) is 8.20. The molecule has 0 aliphatic heterocycles. The van der Waals surface area contributed by atoms with Crippen LogP contribution in [0.3, 0.4) is 0 Å². The van der Waals surface area contributed by atoms with Gasteiger partial charge in [0.15, 0.2) is 17.3 Å². The highest BCUT2D eigenvalue weighted by atomic mass is 19.4. The number of benzene rings is 3. The summed E-state index contributed by atoms with van der Waals surface area (Å²) in [5, 5.41) is 13.4. The highest BCUT2D eigenvalue weighted by Crippen LogP contribution is 2.40. The van der Waals surface area contributed by atoms with Crippen LogP contribution in [0.4, 0.5) is 26.3 Å². The van der Waals surface area contributed by atoms with Crippen molar-refractivity contribution in [3.8, 4) is 45.1 Å². The van der Waals surface area contributed by atoms with Crippen molar-refractivity contribution in [2.75, 3.05) is 0 Å². The van der Waals surface area contributed by atoms with Crippen LogP contribution >= 0.6 is 0 Å². The van der Waals surface area contributed by atoms with E-state index >= 15 is 0 Å². The summed E-state index contributed by atoms with van der Waals surface area (Å²) in [6.45, 7) is 4.78. The third-order valence-electron chi connectivity index (χ3n) is 6.59. The van der Waals surface area contributed by atoms with Crippen molar-refractivity contribution in [1.29, 1.82) is 0 Å². The maximum absolute atomic E-state index is 13.5. The Morgan fingerprint density at radius 2 is 1.48 bits per heavy atom. The van der Waals surface area contributed by atoms with Crippen LogP contribution in [0.2, 0.25) is 0 Å². The number of ether oxygens (including phenoxy) is 1. The Morgan fingerprint density at radius 1 is 0.833 bits per heavy atom. The fraction of sp³-hybridized carbons (Fsp3) is 0.200. The number of hydrogen-bond acceptors (Lipinski definition) is 5. The van der Waals surface area contributed by atoms with Gasteiger partial charge in [-0.25, -0.2) is 9.67 Å². The summed E-state index contributed by atoms with van der Waals surface area (Å²) in [6, 6.07) is 16.5. The van der Waals surface area contributed by atoms with E-state index in [-0.39, 0.29) is 35.3 Å². The molecule has 0 bridgehead atoms. The van der Waals surface area contributed by atoms with Gasteiger partial charge in [-0.15, -0.1) is 13.2 Å². The first-order chi connectivity index (χ1) is 19.7. The van der Waals surface area contributed by atoms with Crippen LogP contribution in [0.25, 0.3) is 39.4 Å². The fourth-order valence-electron chi connectivity index (χ4n) is 4.61. The molecule has 2 aromatic heterocycles. The van der Waals surface area contributed by atoms with Crippen molar-refractivity contribution in [1.82, 2.24) is 14.8 Å². The Morgan fingerprint density at radius 3 is 2.07 bits per heavy atom. The van der Waals surface area contributed by atoms with Gasteiger partial charge in [-0.2, -0.15) is 18.3 Å². The number of nitrogens with zero attached hydrogens (tertiary/aromatic N) is 3. The number of hydrogen-bond donors (Lipinski definition) is 1. The number of aromatic nitrogens is 3. The molecular formula is C30H23F6N3O3. The molecule has 0 amide bonds. The second kappa shape index (κ2) is 10.7. The molecule has 0 atom stereocenters. The Bertz CT molecular complexity index is 1750. The van der Waals surface area contributed by atoms with Crippen molar-refractivity contribution in [3.63, 3.8) is 0 Å². The van der Waals surface area contributed by atoms with Crippen molar-refractivity contribution >= 4 is 0 Å². The van der Waals surface area contributed by atoms with E-state index < -0.39 is 24.0 Å². The van der Waals surface area contributed by atoms with E-state index in [9.17, 15) is 31.4 Å². The van der Waals surface area contributed by atoms with Crippen LogP contribution in [-0.2, 0) is 12.8 Å². The van der Waals surface area contributed by atoms with E-state index in [0.29, 0.717) is 16.7 Å². The first-order valence-electron chi connectivity index (χ1n) is 12.6.